The van der Waals surface area contributed by atoms with Gasteiger partial charge in [0.25, 0.3) is 0 Å². The highest BCUT2D eigenvalue weighted by Gasteiger charge is 2.50. The minimum atomic E-state index is -1.06. The van der Waals surface area contributed by atoms with Gasteiger partial charge < -0.3 is 18.9 Å². The number of hydrogen-bond acceptors (Lipinski definition) is 7. The van der Waals surface area contributed by atoms with E-state index in [9.17, 15) is 14.4 Å². The summed E-state index contributed by atoms with van der Waals surface area (Å²) in [6.07, 6.45) is -3.31. The highest BCUT2D eigenvalue weighted by molar-refractivity contribution is 14.1. The zero-order chi connectivity index (χ0) is 14.6. The molecule has 1 fully saturated rings. The van der Waals surface area contributed by atoms with Gasteiger partial charge in [0.05, 0.1) is 0 Å². The predicted molar refractivity (Wildman–Crippen MR) is 70.4 cm³/mol. The van der Waals surface area contributed by atoms with Crippen molar-refractivity contribution in [3.8, 4) is 0 Å². The fourth-order valence-electron chi connectivity index (χ4n) is 1.73. The van der Waals surface area contributed by atoms with Crippen molar-refractivity contribution in [2.45, 2.75) is 45.4 Å². The molecule has 1 rings (SSSR count). The maximum Gasteiger partial charge on any atom is 0.305 e. The second kappa shape index (κ2) is 7.04. The Kier molecular flexibility index (Phi) is 5.98. The van der Waals surface area contributed by atoms with E-state index in [1.807, 2.05) is 22.6 Å². The number of carbonyl (C=O) groups is 3. The molecule has 0 bridgehead atoms. The van der Waals surface area contributed by atoms with Gasteiger partial charge in [0.15, 0.2) is 6.10 Å². The van der Waals surface area contributed by atoms with E-state index >= 15 is 0 Å². The number of rotatable bonds is 4. The van der Waals surface area contributed by atoms with Crippen LogP contribution < -0.4 is 0 Å². The number of ether oxygens (including phenoxy) is 4. The van der Waals surface area contributed by atoms with E-state index in [2.05, 4.69) is 0 Å². The van der Waals surface area contributed by atoms with Gasteiger partial charge in [-0.1, -0.05) is 22.6 Å². The summed E-state index contributed by atoms with van der Waals surface area (Å²) in [7, 11) is 0. The van der Waals surface area contributed by atoms with Crippen LogP contribution in [0, 0.1) is 0 Å². The lowest BCUT2D eigenvalue weighted by Crippen LogP contribution is -2.41. The molecule has 0 amide bonds. The molecule has 4 atom stereocenters. The molecule has 1 saturated heterocycles. The second-order valence-corrected chi connectivity index (χ2v) is 4.84. The summed E-state index contributed by atoms with van der Waals surface area (Å²) in [5, 5.41) is 0. The number of halogens is 1. The van der Waals surface area contributed by atoms with E-state index < -0.39 is 42.5 Å². The highest BCUT2D eigenvalue weighted by Crippen LogP contribution is 2.29. The maximum absolute atomic E-state index is 11.1. The predicted octanol–water partition coefficient (Wildman–Crippen LogP) is 0.573. The van der Waals surface area contributed by atoms with Gasteiger partial charge in [-0.15, -0.1) is 0 Å². The third-order valence-corrected chi connectivity index (χ3v) is 3.17. The zero-order valence-electron chi connectivity index (χ0n) is 10.8. The molecule has 0 aliphatic carbocycles. The Morgan fingerprint density at radius 1 is 0.947 bits per heavy atom. The molecule has 0 aromatic carbocycles. The van der Waals surface area contributed by atoms with E-state index in [1.165, 1.54) is 20.8 Å². The molecule has 0 N–H and O–H groups in total. The lowest BCUT2D eigenvalue weighted by molar-refractivity contribution is -0.194. The van der Waals surface area contributed by atoms with Crippen LogP contribution in [0.5, 0.6) is 0 Å². The fourth-order valence-corrected chi connectivity index (χ4v) is 2.43. The van der Waals surface area contributed by atoms with Crippen molar-refractivity contribution < 1.29 is 33.3 Å². The van der Waals surface area contributed by atoms with Crippen LogP contribution in [0.3, 0.4) is 0 Å². The first-order valence-electron chi connectivity index (χ1n) is 5.58. The topological polar surface area (TPSA) is 88.1 Å². The van der Waals surface area contributed by atoms with E-state index in [0.717, 1.165) is 0 Å². The summed E-state index contributed by atoms with van der Waals surface area (Å²) in [5.74, 6) is -1.67. The minimum absolute atomic E-state index is 0.491. The monoisotopic (exact) mass is 386 g/mol. The Hall–Kier alpha value is -0.900. The maximum atomic E-state index is 11.1. The van der Waals surface area contributed by atoms with Gasteiger partial charge >= 0.3 is 17.9 Å². The molecular weight excluding hydrogens is 371 g/mol. The number of alkyl halides is 1. The van der Waals surface area contributed by atoms with Gasteiger partial charge in [-0.25, -0.2) is 0 Å². The quantitative estimate of drug-likeness (QED) is 0.302. The Morgan fingerprint density at radius 2 is 1.42 bits per heavy atom. The molecular formula is C11H15IO7. The van der Waals surface area contributed by atoms with Gasteiger partial charge in [0.1, 0.15) is 6.10 Å². The molecule has 0 unspecified atom stereocenters. The molecule has 0 spiro atoms. The zero-order valence-corrected chi connectivity index (χ0v) is 12.9. The van der Waals surface area contributed by atoms with E-state index in [4.69, 9.17) is 18.9 Å². The number of hydrogen-bond donors (Lipinski definition) is 0. The van der Waals surface area contributed by atoms with Crippen molar-refractivity contribution in [1.82, 2.24) is 0 Å². The van der Waals surface area contributed by atoms with Crippen molar-refractivity contribution >= 4 is 40.5 Å². The normalized spacial score (nSPS) is 29.7. The number of esters is 3. The summed E-state index contributed by atoms with van der Waals surface area (Å²) < 4.78 is 21.0. The standard InChI is InChI=1S/C11H15IO7/c1-5(13)16-9-8(4-12)19-11(18-7(3)15)10(9)17-6(2)14/h8-11H,4H2,1-3H3/t8-,9-,10+,11+/m1/s1. The molecule has 1 aliphatic rings. The first-order chi connectivity index (χ1) is 8.85. The summed E-state index contributed by atoms with van der Waals surface area (Å²) in [6.45, 7) is 3.67. The molecule has 0 aromatic heterocycles. The van der Waals surface area contributed by atoms with Crippen LogP contribution in [0.1, 0.15) is 20.8 Å². The molecule has 0 radical (unpaired) electrons. The summed E-state index contributed by atoms with van der Waals surface area (Å²) in [4.78, 5) is 33.2. The van der Waals surface area contributed by atoms with Crippen molar-refractivity contribution in [2.24, 2.45) is 0 Å². The Labute approximate surface area is 124 Å². The Bertz CT molecular complexity index is 370. The first kappa shape index (κ1) is 16.2. The Balaban J connectivity index is 2.90. The van der Waals surface area contributed by atoms with Gasteiger partial charge in [-0.05, 0) is 0 Å². The molecule has 1 aliphatic heterocycles. The van der Waals surface area contributed by atoms with Gasteiger partial charge in [0, 0.05) is 25.2 Å². The molecule has 8 heteroatoms. The smallest absolute Gasteiger partial charge is 0.305 e. The molecule has 1 heterocycles. The Morgan fingerprint density at radius 3 is 1.84 bits per heavy atom. The van der Waals surface area contributed by atoms with Gasteiger partial charge in [-0.2, -0.15) is 0 Å². The third kappa shape index (κ3) is 4.60. The van der Waals surface area contributed by atoms with E-state index in [0.29, 0.717) is 4.43 Å². The van der Waals surface area contributed by atoms with Crippen molar-refractivity contribution in [1.29, 1.82) is 0 Å². The van der Waals surface area contributed by atoms with E-state index in [1.54, 1.807) is 0 Å². The van der Waals surface area contributed by atoms with Crippen molar-refractivity contribution in [2.75, 3.05) is 4.43 Å². The number of carbonyl (C=O) groups excluding carboxylic acids is 3. The summed E-state index contributed by atoms with van der Waals surface area (Å²) >= 11 is 2.04. The first-order valence-corrected chi connectivity index (χ1v) is 7.10. The SMILES string of the molecule is CC(=O)O[C@H]1O[C@H](CI)[C@@H](OC(C)=O)[C@@H]1OC(C)=O. The second-order valence-electron chi connectivity index (χ2n) is 3.95. The molecule has 7 nitrogen and oxygen atoms in total. The molecule has 19 heavy (non-hydrogen) atoms. The van der Waals surface area contributed by atoms with Crippen LogP contribution in [-0.4, -0.2) is 46.9 Å². The van der Waals surface area contributed by atoms with Gasteiger partial charge in [0.2, 0.25) is 12.4 Å². The van der Waals surface area contributed by atoms with Crippen LogP contribution in [-0.2, 0) is 33.3 Å². The molecule has 0 saturated carbocycles. The highest BCUT2D eigenvalue weighted by atomic mass is 127. The van der Waals surface area contributed by atoms with Crippen LogP contribution in [0.2, 0.25) is 0 Å². The van der Waals surface area contributed by atoms with Crippen LogP contribution in [0.25, 0.3) is 0 Å². The fraction of sp³-hybridized carbons (Fsp3) is 0.727. The van der Waals surface area contributed by atoms with Crippen LogP contribution in [0.15, 0.2) is 0 Å². The van der Waals surface area contributed by atoms with Crippen LogP contribution in [0.4, 0.5) is 0 Å². The summed E-state index contributed by atoms with van der Waals surface area (Å²) in [5.41, 5.74) is 0. The van der Waals surface area contributed by atoms with Crippen LogP contribution >= 0.6 is 22.6 Å². The minimum Gasteiger partial charge on any atom is -0.455 e. The third-order valence-electron chi connectivity index (χ3n) is 2.31. The van der Waals surface area contributed by atoms with E-state index in [-0.39, 0.29) is 0 Å². The van der Waals surface area contributed by atoms with Crippen molar-refractivity contribution in [3.05, 3.63) is 0 Å². The average molecular weight is 386 g/mol. The average Bonchev–Trinajstić information content (AvgIpc) is 2.55. The summed E-state index contributed by atoms with van der Waals surface area (Å²) in [6, 6.07) is 0. The molecule has 0 aromatic rings. The van der Waals surface area contributed by atoms with Gasteiger partial charge in [-0.3, -0.25) is 14.4 Å². The molecule has 108 valence electrons. The lowest BCUT2D eigenvalue weighted by atomic mass is 10.1. The lowest BCUT2D eigenvalue weighted by Gasteiger charge is -2.22. The largest absolute Gasteiger partial charge is 0.455 e. The van der Waals surface area contributed by atoms with Crippen molar-refractivity contribution in [3.63, 3.8) is 0 Å².